The van der Waals surface area contributed by atoms with Crippen LogP contribution in [0.3, 0.4) is 0 Å². The van der Waals surface area contributed by atoms with Crippen LogP contribution >= 0.6 is 15.9 Å². The summed E-state index contributed by atoms with van der Waals surface area (Å²) in [4.78, 5) is 0. The SMILES string of the molecule is Cc1cc(Br)cc(C)c1Nc1cccc(F)c1N. The Labute approximate surface area is 114 Å². The molecule has 0 saturated heterocycles. The normalized spacial score (nSPS) is 10.4. The minimum atomic E-state index is -0.410. The van der Waals surface area contributed by atoms with Crippen molar-refractivity contribution in [2.75, 3.05) is 11.1 Å². The van der Waals surface area contributed by atoms with Crippen molar-refractivity contribution in [2.45, 2.75) is 13.8 Å². The van der Waals surface area contributed by atoms with Gasteiger partial charge in [0.2, 0.25) is 0 Å². The van der Waals surface area contributed by atoms with E-state index in [0.29, 0.717) is 5.69 Å². The molecule has 0 aromatic heterocycles. The monoisotopic (exact) mass is 308 g/mol. The maximum atomic E-state index is 13.4. The highest BCUT2D eigenvalue weighted by Gasteiger charge is 2.08. The van der Waals surface area contributed by atoms with Gasteiger partial charge in [0.15, 0.2) is 0 Å². The first-order valence-corrected chi connectivity index (χ1v) is 6.36. The average Bonchev–Trinajstić information content (AvgIpc) is 2.28. The summed E-state index contributed by atoms with van der Waals surface area (Å²) in [6.45, 7) is 3.99. The molecule has 2 aromatic carbocycles. The number of nitrogen functional groups attached to an aromatic ring is 1. The average molecular weight is 309 g/mol. The van der Waals surface area contributed by atoms with E-state index in [2.05, 4.69) is 21.2 Å². The minimum Gasteiger partial charge on any atom is -0.395 e. The van der Waals surface area contributed by atoms with Crippen LogP contribution in [0.4, 0.5) is 21.5 Å². The van der Waals surface area contributed by atoms with E-state index in [1.807, 2.05) is 26.0 Å². The molecule has 0 spiro atoms. The van der Waals surface area contributed by atoms with Crippen molar-refractivity contribution in [3.05, 3.63) is 51.7 Å². The van der Waals surface area contributed by atoms with Gasteiger partial charge in [0, 0.05) is 10.2 Å². The summed E-state index contributed by atoms with van der Waals surface area (Å²) < 4.78 is 14.4. The number of hydrogen-bond acceptors (Lipinski definition) is 2. The van der Waals surface area contributed by atoms with Crippen LogP contribution < -0.4 is 11.1 Å². The van der Waals surface area contributed by atoms with Crippen molar-refractivity contribution in [1.29, 1.82) is 0 Å². The lowest BCUT2D eigenvalue weighted by atomic mass is 10.1. The molecule has 0 aliphatic heterocycles. The van der Waals surface area contributed by atoms with Gasteiger partial charge < -0.3 is 11.1 Å². The van der Waals surface area contributed by atoms with Crippen LogP contribution in [0.25, 0.3) is 0 Å². The Morgan fingerprint density at radius 2 is 1.78 bits per heavy atom. The molecule has 0 fully saturated rings. The molecule has 4 heteroatoms. The number of benzene rings is 2. The van der Waals surface area contributed by atoms with Crippen LogP contribution in [0.15, 0.2) is 34.8 Å². The number of rotatable bonds is 2. The Hall–Kier alpha value is -1.55. The maximum Gasteiger partial charge on any atom is 0.148 e. The van der Waals surface area contributed by atoms with Crippen molar-refractivity contribution >= 4 is 33.0 Å². The number of nitrogens with one attached hydrogen (secondary N) is 1. The maximum absolute atomic E-state index is 13.4. The molecule has 0 aliphatic rings. The van der Waals surface area contributed by atoms with Gasteiger partial charge in [0.05, 0.1) is 11.4 Å². The fraction of sp³-hybridized carbons (Fsp3) is 0.143. The summed E-state index contributed by atoms with van der Waals surface area (Å²) >= 11 is 3.45. The van der Waals surface area contributed by atoms with Crippen LogP contribution in [-0.2, 0) is 0 Å². The molecule has 2 rings (SSSR count). The number of para-hydroxylation sites is 1. The highest BCUT2D eigenvalue weighted by Crippen LogP contribution is 2.31. The Kier molecular flexibility index (Phi) is 3.57. The highest BCUT2D eigenvalue weighted by molar-refractivity contribution is 9.10. The second-order valence-electron chi connectivity index (χ2n) is 4.24. The van der Waals surface area contributed by atoms with Crippen molar-refractivity contribution in [1.82, 2.24) is 0 Å². The number of hydrogen-bond donors (Lipinski definition) is 2. The van der Waals surface area contributed by atoms with Crippen molar-refractivity contribution in [2.24, 2.45) is 0 Å². The number of nitrogens with two attached hydrogens (primary N) is 1. The fourth-order valence-electron chi connectivity index (χ4n) is 1.89. The number of halogens is 2. The Bertz CT molecular complexity index is 573. The lowest BCUT2D eigenvalue weighted by molar-refractivity contribution is 0.633. The lowest BCUT2D eigenvalue weighted by Gasteiger charge is -2.15. The molecule has 0 saturated carbocycles. The van der Waals surface area contributed by atoms with E-state index in [0.717, 1.165) is 21.3 Å². The smallest absolute Gasteiger partial charge is 0.148 e. The van der Waals surface area contributed by atoms with E-state index < -0.39 is 5.82 Å². The molecule has 0 unspecified atom stereocenters. The third kappa shape index (κ3) is 2.48. The van der Waals surface area contributed by atoms with Crippen molar-refractivity contribution in [3.63, 3.8) is 0 Å². The molecule has 3 N–H and O–H groups in total. The molecule has 0 heterocycles. The zero-order chi connectivity index (χ0) is 13.3. The van der Waals surface area contributed by atoms with Crippen LogP contribution in [0, 0.1) is 19.7 Å². The van der Waals surface area contributed by atoms with Gasteiger partial charge in [-0.05, 0) is 49.2 Å². The van der Waals surface area contributed by atoms with Crippen LogP contribution in [0.5, 0.6) is 0 Å². The van der Waals surface area contributed by atoms with E-state index in [-0.39, 0.29) is 5.69 Å². The first-order valence-electron chi connectivity index (χ1n) is 5.57. The molecule has 0 atom stereocenters. The standard InChI is InChI=1S/C14H14BrFN2/c1-8-6-10(15)7-9(2)14(8)18-12-5-3-4-11(16)13(12)17/h3-7,18H,17H2,1-2H3. The Balaban J connectivity index is 2.43. The second-order valence-corrected chi connectivity index (χ2v) is 5.16. The Morgan fingerprint density at radius 1 is 1.17 bits per heavy atom. The summed E-state index contributed by atoms with van der Waals surface area (Å²) in [5.74, 6) is -0.410. The first-order chi connectivity index (χ1) is 8.49. The molecule has 0 aliphatic carbocycles. The van der Waals surface area contributed by atoms with Gasteiger partial charge in [-0.3, -0.25) is 0 Å². The fourth-order valence-corrected chi connectivity index (χ4v) is 2.58. The summed E-state index contributed by atoms with van der Waals surface area (Å²) in [7, 11) is 0. The van der Waals surface area contributed by atoms with Gasteiger partial charge in [-0.2, -0.15) is 0 Å². The van der Waals surface area contributed by atoms with Gasteiger partial charge in [-0.25, -0.2) is 4.39 Å². The van der Waals surface area contributed by atoms with Crippen molar-refractivity contribution < 1.29 is 4.39 Å². The second kappa shape index (κ2) is 4.98. The first kappa shape index (κ1) is 12.9. The van der Waals surface area contributed by atoms with Gasteiger partial charge in [-0.1, -0.05) is 22.0 Å². The summed E-state index contributed by atoms with van der Waals surface area (Å²) in [6, 6.07) is 8.76. The molecule has 2 nitrogen and oxygen atoms in total. The minimum absolute atomic E-state index is 0.138. The molecule has 0 amide bonds. The topological polar surface area (TPSA) is 38.0 Å². The predicted molar refractivity (Wildman–Crippen MR) is 77.7 cm³/mol. The van der Waals surface area contributed by atoms with Crippen LogP contribution in [0.2, 0.25) is 0 Å². The molecule has 0 bridgehead atoms. The summed E-state index contributed by atoms with van der Waals surface area (Å²) in [5, 5.41) is 3.19. The van der Waals surface area contributed by atoms with Gasteiger partial charge >= 0.3 is 0 Å². The molecular formula is C14H14BrFN2. The van der Waals surface area contributed by atoms with Crippen molar-refractivity contribution in [3.8, 4) is 0 Å². The number of aryl methyl sites for hydroxylation is 2. The molecular weight excluding hydrogens is 295 g/mol. The van der Waals surface area contributed by atoms with E-state index >= 15 is 0 Å². The largest absolute Gasteiger partial charge is 0.395 e. The molecule has 94 valence electrons. The lowest BCUT2D eigenvalue weighted by Crippen LogP contribution is -2.01. The van der Waals surface area contributed by atoms with Gasteiger partial charge in [0.25, 0.3) is 0 Å². The van der Waals surface area contributed by atoms with Crippen LogP contribution in [-0.4, -0.2) is 0 Å². The quantitative estimate of drug-likeness (QED) is 0.800. The number of anilines is 3. The van der Waals surface area contributed by atoms with E-state index in [1.165, 1.54) is 6.07 Å². The highest BCUT2D eigenvalue weighted by atomic mass is 79.9. The van der Waals surface area contributed by atoms with E-state index in [1.54, 1.807) is 12.1 Å². The van der Waals surface area contributed by atoms with Crippen LogP contribution in [0.1, 0.15) is 11.1 Å². The predicted octanol–water partition coefficient (Wildman–Crippen LogP) is 4.53. The zero-order valence-corrected chi connectivity index (χ0v) is 11.8. The summed E-state index contributed by atoms with van der Waals surface area (Å²) in [5.41, 5.74) is 9.54. The molecule has 2 aromatic rings. The molecule has 18 heavy (non-hydrogen) atoms. The van der Waals surface area contributed by atoms with E-state index in [9.17, 15) is 4.39 Å². The Morgan fingerprint density at radius 3 is 2.39 bits per heavy atom. The summed E-state index contributed by atoms with van der Waals surface area (Å²) in [6.07, 6.45) is 0. The zero-order valence-electron chi connectivity index (χ0n) is 10.2. The van der Waals surface area contributed by atoms with E-state index in [4.69, 9.17) is 5.73 Å². The third-order valence-corrected chi connectivity index (χ3v) is 3.27. The van der Waals surface area contributed by atoms with Gasteiger partial charge in [0.1, 0.15) is 5.82 Å². The van der Waals surface area contributed by atoms with Gasteiger partial charge in [-0.15, -0.1) is 0 Å². The third-order valence-electron chi connectivity index (χ3n) is 2.81. The molecule has 0 radical (unpaired) electrons.